The highest BCUT2D eigenvalue weighted by molar-refractivity contribution is 5.30. The minimum Gasteiger partial charge on any atom is -0.396 e. The smallest absolute Gasteiger partial charge is 0.0719 e. The highest BCUT2D eigenvalue weighted by Crippen LogP contribution is 2.30. The average Bonchev–Trinajstić information content (AvgIpc) is 2.65. The fraction of sp³-hybridized carbons (Fsp3) is 0.750. The number of hydrogen-bond donors (Lipinski definition) is 1. The molecule has 1 unspecified atom stereocenters. The zero-order chi connectivity index (χ0) is 10.7. The molecule has 1 saturated carbocycles. The maximum absolute atomic E-state index is 5.65. The number of nitrogen functional groups attached to an aromatic ring is 1. The molecule has 84 valence electrons. The molecule has 2 N–H and O–H groups in total. The van der Waals surface area contributed by atoms with Gasteiger partial charge in [0.25, 0.3) is 0 Å². The zero-order valence-electron chi connectivity index (χ0n) is 9.52. The van der Waals surface area contributed by atoms with E-state index in [0.29, 0.717) is 0 Å². The first-order valence-electron chi connectivity index (χ1n) is 6.03. The molecule has 1 aliphatic rings. The maximum Gasteiger partial charge on any atom is 0.0719 e. The van der Waals surface area contributed by atoms with Crippen LogP contribution in [0.15, 0.2) is 12.4 Å². The highest BCUT2D eigenvalue weighted by Gasteiger charge is 2.20. The molecule has 1 fully saturated rings. The summed E-state index contributed by atoms with van der Waals surface area (Å²) in [5.41, 5.74) is 6.42. The van der Waals surface area contributed by atoms with Gasteiger partial charge in [0.1, 0.15) is 0 Å². The van der Waals surface area contributed by atoms with Crippen LogP contribution in [0.5, 0.6) is 0 Å². The van der Waals surface area contributed by atoms with E-state index < -0.39 is 0 Å². The van der Waals surface area contributed by atoms with Gasteiger partial charge in [-0.15, -0.1) is 0 Å². The fourth-order valence-electron chi connectivity index (χ4n) is 2.63. The third kappa shape index (κ3) is 2.74. The Morgan fingerprint density at radius 2 is 2.20 bits per heavy atom. The number of nitrogens with zero attached hydrogens (tertiary/aromatic N) is 2. The average molecular weight is 207 g/mol. The summed E-state index contributed by atoms with van der Waals surface area (Å²) in [6.07, 6.45) is 10.7. The molecule has 1 aromatic rings. The monoisotopic (exact) mass is 207 g/mol. The van der Waals surface area contributed by atoms with E-state index in [4.69, 9.17) is 5.73 Å². The predicted octanol–water partition coefficient (Wildman–Crippen LogP) is 2.68. The molecule has 3 heteroatoms. The Morgan fingerprint density at radius 3 is 2.80 bits per heavy atom. The van der Waals surface area contributed by atoms with Gasteiger partial charge in [0.15, 0.2) is 0 Å². The molecule has 0 aliphatic heterocycles. The Balaban J connectivity index is 1.88. The number of rotatable bonds is 3. The molecule has 0 saturated heterocycles. The summed E-state index contributed by atoms with van der Waals surface area (Å²) in [7, 11) is 0. The topological polar surface area (TPSA) is 43.8 Å². The molecule has 1 heterocycles. The lowest BCUT2D eigenvalue weighted by molar-refractivity contribution is 0.235. The molecule has 1 aromatic heterocycles. The van der Waals surface area contributed by atoms with Gasteiger partial charge in [-0.3, -0.25) is 4.68 Å². The van der Waals surface area contributed by atoms with Crippen molar-refractivity contribution >= 4 is 5.69 Å². The van der Waals surface area contributed by atoms with Gasteiger partial charge in [-0.25, -0.2) is 0 Å². The standard InChI is InChI=1S/C12H21N3/c1-10(11-5-3-2-4-6-11)8-15-9-12(13)7-14-15/h7,9-11H,2-6,8,13H2,1H3. The van der Waals surface area contributed by atoms with Crippen LogP contribution in [0.25, 0.3) is 0 Å². The van der Waals surface area contributed by atoms with Crippen molar-refractivity contribution in [2.24, 2.45) is 11.8 Å². The highest BCUT2D eigenvalue weighted by atomic mass is 15.3. The van der Waals surface area contributed by atoms with Crippen LogP contribution in [0.2, 0.25) is 0 Å². The first-order valence-corrected chi connectivity index (χ1v) is 6.03. The third-order valence-corrected chi connectivity index (χ3v) is 3.58. The Morgan fingerprint density at radius 1 is 1.47 bits per heavy atom. The van der Waals surface area contributed by atoms with Crippen molar-refractivity contribution in [2.75, 3.05) is 5.73 Å². The van der Waals surface area contributed by atoms with E-state index in [1.807, 2.05) is 10.9 Å². The molecule has 0 radical (unpaired) electrons. The molecule has 0 amide bonds. The molecule has 15 heavy (non-hydrogen) atoms. The van der Waals surface area contributed by atoms with Crippen LogP contribution in [-0.4, -0.2) is 9.78 Å². The van der Waals surface area contributed by atoms with Gasteiger partial charge >= 0.3 is 0 Å². The van der Waals surface area contributed by atoms with Crippen LogP contribution < -0.4 is 5.73 Å². The van der Waals surface area contributed by atoms with Gasteiger partial charge in [-0.1, -0.05) is 39.0 Å². The number of anilines is 1. The van der Waals surface area contributed by atoms with Crippen LogP contribution in [-0.2, 0) is 6.54 Å². The quantitative estimate of drug-likeness (QED) is 0.828. The molecule has 0 bridgehead atoms. The van der Waals surface area contributed by atoms with E-state index in [9.17, 15) is 0 Å². The lowest BCUT2D eigenvalue weighted by Crippen LogP contribution is -2.20. The van der Waals surface area contributed by atoms with E-state index >= 15 is 0 Å². The lowest BCUT2D eigenvalue weighted by atomic mass is 9.81. The van der Waals surface area contributed by atoms with Gasteiger partial charge < -0.3 is 5.73 Å². The summed E-state index contributed by atoms with van der Waals surface area (Å²) in [5, 5.41) is 4.24. The summed E-state index contributed by atoms with van der Waals surface area (Å²) in [5.74, 6) is 1.62. The Kier molecular flexibility index (Phi) is 3.29. The van der Waals surface area contributed by atoms with E-state index in [1.54, 1.807) is 6.20 Å². The second-order valence-electron chi connectivity index (χ2n) is 4.87. The summed E-state index contributed by atoms with van der Waals surface area (Å²) in [4.78, 5) is 0. The summed E-state index contributed by atoms with van der Waals surface area (Å²) in [6, 6.07) is 0. The van der Waals surface area contributed by atoms with E-state index in [-0.39, 0.29) is 0 Å². The molecular weight excluding hydrogens is 186 g/mol. The predicted molar refractivity (Wildman–Crippen MR) is 62.4 cm³/mol. The molecule has 2 rings (SSSR count). The van der Waals surface area contributed by atoms with E-state index in [0.717, 1.165) is 24.1 Å². The normalized spacial score (nSPS) is 20.3. The SMILES string of the molecule is CC(Cn1cc(N)cn1)C1CCCCC1. The number of aromatic nitrogens is 2. The minimum absolute atomic E-state index is 0.726. The number of hydrogen-bond acceptors (Lipinski definition) is 2. The first kappa shape index (κ1) is 10.5. The third-order valence-electron chi connectivity index (χ3n) is 3.58. The summed E-state index contributed by atoms with van der Waals surface area (Å²) >= 11 is 0. The first-order chi connectivity index (χ1) is 7.25. The van der Waals surface area contributed by atoms with Crippen LogP contribution in [0, 0.1) is 11.8 Å². The van der Waals surface area contributed by atoms with E-state index in [2.05, 4.69) is 12.0 Å². The molecule has 3 nitrogen and oxygen atoms in total. The van der Waals surface area contributed by atoms with Crippen molar-refractivity contribution in [1.82, 2.24) is 9.78 Å². The molecule has 1 aliphatic carbocycles. The van der Waals surface area contributed by atoms with Crippen molar-refractivity contribution in [2.45, 2.75) is 45.6 Å². The van der Waals surface area contributed by atoms with Crippen molar-refractivity contribution < 1.29 is 0 Å². The fourth-order valence-corrected chi connectivity index (χ4v) is 2.63. The summed E-state index contributed by atoms with van der Waals surface area (Å²) in [6.45, 7) is 3.36. The molecule has 1 atom stereocenters. The largest absolute Gasteiger partial charge is 0.396 e. The summed E-state index contributed by atoms with van der Waals surface area (Å²) < 4.78 is 1.98. The zero-order valence-corrected chi connectivity index (χ0v) is 9.52. The van der Waals surface area contributed by atoms with Crippen molar-refractivity contribution in [3.05, 3.63) is 12.4 Å². The van der Waals surface area contributed by atoms with Crippen LogP contribution in [0.1, 0.15) is 39.0 Å². The minimum atomic E-state index is 0.726. The van der Waals surface area contributed by atoms with Gasteiger partial charge in [0.05, 0.1) is 11.9 Å². The van der Waals surface area contributed by atoms with Gasteiger partial charge in [-0.05, 0) is 11.8 Å². The Hall–Kier alpha value is -0.990. The molecule has 0 spiro atoms. The van der Waals surface area contributed by atoms with Crippen LogP contribution in [0.3, 0.4) is 0 Å². The molecule has 0 aromatic carbocycles. The van der Waals surface area contributed by atoms with Crippen molar-refractivity contribution in [3.63, 3.8) is 0 Å². The second kappa shape index (κ2) is 4.69. The van der Waals surface area contributed by atoms with Gasteiger partial charge in [-0.2, -0.15) is 5.10 Å². The second-order valence-corrected chi connectivity index (χ2v) is 4.87. The van der Waals surface area contributed by atoms with Gasteiger partial charge in [0.2, 0.25) is 0 Å². The Bertz CT molecular complexity index is 300. The maximum atomic E-state index is 5.65. The van der Waals surface area contributed by atoms with E-state index in [1.165, 1.54) is 32.1 Å². The molecular formula is C12H21N3. The van der Waals surface area contributed by atoms with Crippen molar-refractivity contribution in [1.29, 1.82) is 0 Å². The van der Waals surface area contributed by atoms with Crippen LogP contribution >= 0.6 is 0 Å². The number of nitrogens with two attached hydrogens (primary N) is 1. The van der Waals surface area contributed by atoms with Crippen molar-refractivity contribution in [3.8, 4) is 0 Å². The van der Waals surface area contributed by atoms with Crippen LogP contribution in [0.4, 0.5) is 5.69 Å². The van der Waals surface area contributed by atoms with Gasteiger partial charge in [0, 0.05) is 12.7 Å². The Labute approximate surface area is 91.7 Å². The lowest BCUT2D eigenvalue weighted by Gasteiger charge is -2.27.